The number of ether oxygens (including phenoxy) is 2. The number of nitrogens with zero attached hydrogens (tertiary/aromatic N) is 3. The van der Waals surface area contributed by atoms with E-state index >= 15 is 0 Å². The zero-order valence-corrected chi connectivity index (χ0v) is 20.9. The molecule has 0 spiro atoms. The van der Waals surface area contributed by atoms with Crippen molar-refractivity contribution in [3.05, 3.63) is 83.7 Å². The quantitative estimate of drug-likeness (QED) is 0.298. The molecule has 37 heavy (non-hydrogen) atoms. The minimum absolute atomic E-state index is 0.0315. The van der Waals surface area contributed by atoms with Crippen LogP contribution in [-0.4, -0.2) is 49.1 Å². The molecule has 1 unspecified atom stereocenters. The lowest BCUT2D eigenvalue weighted by Gasteiger charge is -2.30. The smallest absolute Gasteiger partial charge is 0.300 e. The van der Waals surface area contributed by atoms with Crippen molar-refractivity contribution >= 4 is 28.8 Å². The second-order valence-electron chi connectivity index (χ2n) is 9.06. The highest BCUT2D eigenvalue weighted by Crippen LogP contribution is 2.42. The van der Waals surface area contributed by atoms with Gasteiger partial charge in [0.1, 0.15) is 11.8 Å². The van der Waals surface area contributed by atoms with Gasteiger partial charge in [-0.05, 0) is 73.9 Å². The number of ketones is 1. The van der Waals surface area contributed by atoms with Crippen molar-refractivity contribution < 1.29 is 24.2 Å². The largest absolute Gasteiger partial charge is 0.507 e. The number of amides is 1. The molecule has 1 N–H and O–H groups in total. The lowest BCUT2D eigenvalue weighted by Crippen LogP contribution is -2.31. The van der Waals surface area contributed by atoms with Crippen LogP contribution in [0.5, 0.6) is 11.5 Å². The van der Waals surface area contributed by atoms with E-state index in [-0.39, 0.29) is 11.3 Å². The second-order valence-corrected chi connectivity index (χ2v) is 9.06. The third-order valence-electron chi connectivity index (χ3n) is 6.92. The Kier molecular flexibility index (Phi) is 6.81. The van der Waals surface area contributed by atoms with Gasteiger partial charge in [0, 0.05) is 36.2 Å². The highest BCUT2D eigenvalue weighted by molar-refractivity contribution is 6.51. The van der Waals surface area contributed by atoms with Crippen molar-refractivity contribution in [1.29, 1.82) is 0 Å². The summed E-state index contributed by atoms with van der Waals surface area (Å²) in [6, 6.07) is 16.9. The molecule has 1 amide bonds. The van der Waals surface area contributed by atoms with Crippen LogP contribution in [0.15, 0.2) is 72.4 Å². The summed E-state index contributed by atoms with van der Waals surface area (Å²) in [6.07, 6.45) is 5.16. The van der Waals surface area contributed by atoms with Crippen molar-refractivity contribution in [3.63, 3.8) is 0 Å². The maximum absolute atomic E-state index is 13.4. The first-order chi connectivity index (χ1) is 18.0. The Morgan fingerprint density at radius 3 is 2.24 bits per heavy atom. The first-order valence-corrected chi connectivity index (χ1v) is 12.3. The zero-order chi connectivity index (χ0) is 25.9. The molecule has 1 aromatic heterocycles. The molecular formula is C29H29N3O5. The van der Waals surface area contributed by atoms with E-state index in [1.54, 1.807) is 42.6 Å². The molecule has 2 aliphatic heterocycles. The predicted octanol–water partition coefficient (Wildman–Crippen LogP) is 4.72. The molecule has 0 radical (unpaired) electrons. The van der Waals surface area contributed by atoms with Gasteiger partial charge in [-0.25, -0.2) is 0 Å². The van der Waals surface area contributed by atoms with E-state index in [0.29, 0.717) is 28.4 Å². The lowest BCUT2D eigenvalue weighted by molar-refractivity contribution is -0.132. The number of aromatic nitrogens is 1. The van der Waals surface area contributed by atoms with Crippen LogP contribution in [0.2, 0.25) is 0 Å². The maximum atomic E-state index is 13.4. The number of aliphatic hydroxyl groups is 1. The number of carbonyl (C=O) groups excluding carboxylic acids is 2. The van der Waals surface area contributed by atoms with Gasteiger partial charge in [-0.1, -0.05) is 6.07 Å². The molecule has 1 atom stereocenters. The van der Waals surface area contributed by atoms with Crippen LogP contribution in [0.25, 0.3) is 5.76 Å². The Morgan fingerprint density at radius 2 is 1.59 bits per heavy atom. The van der Waals surface area contributed by atoms with E-state index in [0.717, 1.165) is 31.6 Å². The SMILES string of the molecule is COc1ccc(/C(O)=C2/C(=O)C(=O)N(c3ccc(N4CCCCC4)cc3)C2c2ccccn2)cc1OC. The van der Waals surface area contributed by atoms with Gasteiger partial charge in [0.15, 0.2) is 11.5 Å². The van der Waals surface area contributed by atoms with Crippen LogP contribution in [-0.2, 0) is 9.59 Å². The predicted molar refractivity (Wildman–Crippen MR) is 141 cm³/mol. The zero-order valence-electron chi connectivity index (χ0n) is 20.9. The normalized spacial score (nSPS) is 19.2. The van der Waals surface area contributed by atoms with Crippen LogP contribution < -0.4 is 19.3 Å². The lowest BCUT2D eigenvalue weighted by atomic mass is 9.98. The van der Waals surface area contributed by atoms with Crippen LogP contribution in [0.1, 0.15) is 36.6 Å². The summed E-state index contributed by atoms with van der Waals surface area (Å²) < 4.78 is 10.7. The Bertz CT molecular complexity index is 1330. The summed E-state index contributed by atoms with van der Waals surface area (Å²) in [5.74, 6) is -0.924. The fourth-order valence-electron chi connectivity index (χ4n) is 5.03. The van der Waals surface area contributed by atoms with E-state index in [4.69, 9.17) is 9.47 Å². The molecule has 3 aromatic rings. The average Bonchev–Trinajstić information content (AvgIpc) is 3.23. The summed E-state index contributed by atoms with van der Waals surface area (Å²) in [5.41, 5.74) is 2.42. The minimum atomic E-state index is -0.893. The van der Waals surface area contributed by atoms with Crippen molar-refractivity contribution in [2.45, 2.75) is 25.3 Å². The number of Topliss-reactive ketones (excluding diaryl/α,β-unsaturated/α-hetero) is 1. The Hall–Kier alpha value is -4.33. The molecule has 2 aliphatic rings. The molecule has 2 fully saturated rings. The van der Waals surface area contributed by atoms with Gasteiger partial charge < -0.3 is 19.5 Å². The standard InChI is InChI=1S/C29H29N3O5/c1-36-23-14-9-19(18-24(23)37-2)27(33)25-26(22-8-4-5-15-30-22)32(29(35)28(25)34)21-12-10-20(11-13-21)31-16-6-3-7-17-31/h4-5,8-15,18,26,33H,3,6-7,16-17H2,1-2H3/b27-25-. The monoisotopic (exact) mass is 499 g/mol. The van der Waals surface area contributed by atoms with E-state index in [9.17, 15) is 14.7 Å². The molecule has 0 aliphatic carbocycles. The fraction of sp³-hybridized carbons (Fsp3) is 0.276. The molecule has 0 bridgehead atoms. The van der Waals surface area contributed by atoms with Crippen LogP contribution in [0.4, 0.5) is 11.4 Å². The third kappa shape index (κ3) is 4.50. The highest BCUT2D eigenvalue weighted by Gasteiger charge is 2.47. The fourth-order valence-corrected chi connectivity index (χ4v) is 5.03. The molecule has 0 saturated carbocycles. The topological polar surface area (TPSA) is 92.2 Å². The van der Waals surface area contributed by atoms with Crippen molar-refractivity contribution in [2.75, 3.05) is 37.1 Å². The molecule has 8 nitrogen and oxygen atoms in total. The van der Waals surface area contributed by atoms with Gasteiger partial charge in [0.2, 0.25) is 0 Å². The number of benzene rings is 2. The maximum Gasteiger partial charge on any atom is 0.300 e. The first kappa shape index (κ1) is 24.4. The van der Waals surface area contributed by atoms with Crippen LogP contribution in [0.3, 0.4) is 0 Å². The molecule has 2 aromatic carbocycles. The van der Waals surface area contributed by atoms with Crippen LogP contribution in [0, 0.1) is 0 Å². The summed E-state index contributed by atoms with van der Waals surface area (Å²) >= 11 is 0. The molecular weight excluding hydrogens is 470 g/mol. The second kappa shape index (κ2) is 10.3. The molecule has 5 rings (SSSR count). The number of hydrogen-bond donors (Lipinski definition) is 1. The van der Waals surface area contributed by atoms with Gasteiger partial charge in [-0.2, -0.15) is 0 Å². The van der Waals surface area contributed by atoms with Gasteiger partial charge in [-0.3, -0.25) is 19.5 Å². The van der Waals surface area contributed by atoms with Crippen LogP contribution >= 0.6 is 0 Å². The third-order valence-corrected chi connectivity index (χ3v) is 6.92. The number of hydrogen-bond acceptors (Lipinski definition) is 7. The first-order valence-electron chi connectivity index (χ1n) is 12.3. The van der Waals surface area contributed by atoms with E-state index in [2.05, 4.69) is 9.88 Å². The highest BCUT2D eigenvalue weighted by atomic mass is 16.5. The molecule has 3 heterocycles. The van der Waals surface area contributed by atoms with Crippen molar-refractivity contribution in [3.8, 4) is 11.5 Å². The Labute approximate surface area is 215 Å². The summed E-state index contributed by atoms with van der Waals surface area (Å²) in [4.78, 5) is 35.0. The van der Waals surface area contributed by atoms with Crippen molar-refractivity contribution in [1.82, 2.24) is 4.98 Å². The molecule has 2 saturated heterocycles. The minimum Gasteiger partial charge on any atom is -0.507 e. The van der Waals surface area contributed by atoms with Gasteiger partial charge in [0.25, 0.3) is 11.7 Å². The van der Waals surface area contributed by atoms with Crippen molar-refractivity contribution in [2.24, 2.45) is 0 Å². The number of anilines is 2. The Balaban J connectivity index is 1.60. The molecule has 8 heteroatoms. The number of rotatable bonds is 6. The number of piperidine rings is 1. The van der Waals surface area contributed by atoms with Gasteiger partial charge in [0.05, 0.1) is 25.5 Å². The number of carbonyl (C=O) groups is 2. The summed E-state index contributed by atoms with van der Waals surface area (Å²) in [7, 11) is 3.00. The average molecular weight is 500 g/mol. The number of aliphatic hydroxyl groups excluding tert-OH is 1. The summed E-state index contributed by atoms with van der Waals surface area (Å²) in [6.45, 7) is 2.01. The van der Waals surface area contributed by atoms with E-state index < -0.39 is 17.7 Å². The number of pyridine rings is 1. The molecule has 190 valence electrons. The Morgan fingerprint density at radius 1 is 0.892 bits per heavy atom. The van der Waals surface area contributed by atoms with Gasteiger partial charge >= 0.3 is 0 Å². The number of methoxy groups -OCH3 is 2. The van der Waals surface area contributed by atoms with E-state index in [1.807, 2.05) is 24.3 Å². The van der Waals surface area contributed by atoms with E-state index in [1.165, 1.54) is 25.5 Å². The van der Waals surface area contributed by atoms with Gasteiger partial charge in [-0.15, -0.1) is 0 Å². The summed E-state index contributed by atoms with van der Waals surface area (Å²) in [5, 5.41) is 11.4.